The Morgan fingerprint density at radius 2 is 2.25 bits per heavy atom. The first kappa shape index (κ1) is 13.5. The van der Waals surface area contributed by atoms with Gasteiger partial charge in [0.1, 0.15) is 4.88 Å². The third-order valence-corrected chi connectivity index (χ3v) is 3.96. The molecule has 1 heterocycles. The van der Waals surface area contributed by atoms with Gasteiger partial charge >= 0.3 is 0 Å². The number of amides is 1. The zero-order valence-corrected chi connectivity index (χ0v) is 11.1. The summed E-state index contributed by atoms with van der Waals surface area (Å²) in [6.45, 7) is 4.76. The summed E-state index contributed by atoms with van der Waals surface area (Å²) in [7, 11) is 0. The highest BCUT2D eigenvalue weighted by Gasteiger charge is 2.17. The third kappa shape index (κ3) is 3.76. The molecule has 1 rings (SSSR count). The lowest BCUT2D eigenvalue weighted by Gasteiger charge is -2.19. The Balaban J connectivity index is 2.37. The first-order valence-corrected chi connectivity index (χ1v) is 6.81. The number of carbonyl (C=O) groups excluding carboxylic acids is 1. The average Bonchev–Trinajstić information content (AvgIpc) is 2.81. The van der Waals surface area contributed by atoms with Gasteiger partial charge in [0, 0.05) is 6.54 Å². The molecular formula is C11H17ClN2OS. The summed E-state index contributed by atoms with van der Waals surface area (Å²) in [5.74, 6) is 0.377. The molecule has 0 saturated heterocycles. The predicted molar refractivity (Wildman–Crippen MR) is 68.2 cm³/mol. The molecule has 5 heteroatoms. The number of hydrogen-bond donors (Lipinski definition) is 1. The van der Waals surface area contributed by atoms with Crippen LogP contribution in [0.4, 0.5) is 0 Å². The van der Waals surface area contributed by atoms with Gasteiger partial charge in [-0.15, -0.1) is 22.9 Å². The number of aromatic nitrogens is 1. The predicted octanol–water partition coefficient (Wildman–Crippen LogP) is 2.92. The van der Waals surface area contributed by atoms with E-state index in [1.165, 1.54) is 11.3 Å². The van der Waals surface area contributed by atoms with Gasteiger partial charge in [-0.25, -0.2) is 0 Å². The Morgan fingerprint density at radius 1 is 1.56 bits per heavy atom. The number of halogens is 1. The number of nitrogens with one attached hydrogen (secondary N) is 1. The zero-order valence-electron chi connectivity index (χ0n) is 9.57. The standard InChI is InChI=1S/C11H17ClN2OS/c1-3-8(4-2)9(12)5-14-11(15)10-6-13-7-16-10/h6-9H,3-5H2,1-2H3,(H,14,15). The molecule has 0 aliphatic heterocycles. The van der Waals surface area contributed by atoms with E-state index in [1.54, 1.807) is 11.7 Å². The Hall–Kier alpha value is -0.610. The minimum absolute atomic E-state index is 0.00636. The molecule has 1 unspecified atom stereocenters. The lowest BCUT2D eigenvalue weighted by Crippen LogP contribution is -2.32. The second-order valence-electron chi connectivity index (χ2n) is 3.67. The van der Waals surface area contributed by atoms with Gasteiger partial charge in [-0.2, -0.15) is 0 Å². The highest BCUT2D eigenvalue weighted by Crippen LogP contribution is 2.17. The molecule has 0 aliphatic carbocycles. The van der Waals surface area contributed by atoms with E-state index in [4.69, 9.17) is 11.6 Å². The van der Waals surface area contributed by atoms with Gasteiger partial charge in [-0.1, -0.05) is 26.7 Å². The molecule has 0 aliphatic rings. The van der Waals surface area contributed by atoms with Crippen LogP contribution in [0.3, 0.4) is 0 Å². The van der Waals surface area contributed by atoms with E-state index in [0.717, 1.165) is 12.8 Å². The Labute approximate surface area is 105 Å². The Bertz CT molecular complexity index is 312. The van der Waals surface area contributed by atoms with Crippen molar-refractivity contribution in [3.8, 4) is 0 Å². The molecule has 1 aromatic heterocycles. The van der Waals surface area contributed by atoms with Crippen LogP contribution in [-0.4, -0.2) is 22.8 Å². The number of nitrogens with zero attached hydrogens (tertiary/aromatic N) is 1. The highest BCUT2D eigenvalue weighted by molar-refractivity contribution is 7.11. The first-order chi connectivity index (χ1) is 7.69. The molecule has 0 fully saturated rings. The van der Waals surface area contributed by atoms with Gasteiger partial charge in [0.25, 0.3) is 5.91 Å². The van der Waals surface area contributed by atoms with Crippen molar-refractivity contribution in [1.82, 2.24) is 10.3 Å². The number of thiazole rings is 1. The molecule has 1 atom stereocenters. The van der Waals surface area contributed by atoms with Crippen LogP contribution in [0, 0.1) is 5.92 Å². The molecule has 1 N–H and O–H groups in total. The van der Waals surface area contributed by atoms with Crippen LogP contribution >= 0.6 is 22.9 Å². The molecule has 0 radical (unpaired) electrons. The van der Waals surface area contributed by atoms with Gasteiger partial charge in [0.05, 0.1) is 17.1 Å². The van der Waals surface area contributed by atoms with Crippen molar-refractivity contribution in [2.24, 2.45) is 5.92 Å². The van der Waals surface area contributed by atoms with Crippen LogP contribution in [0.2, 0.25) is 0 Å². The highest BCUT2D eigenvalue weighted by atomic mass is 35.5. The monoisotopic (exact) mass is 260 g/mol. The third-order valence-electron chi connectivity index (χ3n) is 2.67. The van der Waals surface area contributed by atoms with E-state index >= 15 is 0 Å². The molecule has 1 amide bonds. The van der Waals surface area contributed by atoms with E-state index in [2.05, 4.69) is 24.1 Å². The SMILES string of the molecule is CCC(CC)C(Cl)CNC(=O)c1cncs1. The van der Waals surface area contributed by atoms with Crippen molar-refractivity contribution in [2.75, 3.05) is 6.54 Å². The molecular weight excluding hydrogens is 244 g/mol. The van der Waals surface area contributed by atoms with Gasteiger partial charge in [-0.3, -0.25) is 9.78 Å². The van der Waals surface area contributed by atoms with Crippen LogP contribution in [0.25, 0.3) is 0 Å². The molecule has 0 saturated carbocycles. The fraction of sp³-hybridized carbons (Fsp3) is 0.636. The van der Waals surface area contributed by atoms with Crippen LogP contribution in [0.15, 0.2) is 11.7 Å². The molecule has 1 aromatic rings. The molecule has 90 valence electrons. The number of alkyl halides is 1. The molecule has 0 aromatic carbocycles. The summed E-state index contributed by atoms with van der Waals surface area (Å²) in [6.07, 6.45) is 3.66. The first-order valence-electron chi connectivity index (χ1n) is 5.49. The zero-order chi connectivity index (χ0) is 12.0. The fourth-order valence-electron chi connectivity index (χ4n) is 1.57. The van der Waals surface area contributed by atoms with Crippen LogP contribution < -0.4 is 5.32 Å². The van der Waals surface area contributed by atoms with E-state index in [0.29, 0.717) is 17.3 Å². The van der Waals surface area contributed by atoms with Crippen LogP contribution in [-0.2, 0) is 0 Å². The van der Waals surface area contributed by atoms with Crippen LogP contribution in [0.5, 0.6) is 0 Å². The molecule has 3 nitrogen and oxygen atoms in total. The van der Waals surface area contributed by atoms with E-state index in [-0.39, 0.29) is 11.3 Å². The molecule has 0 bridgehead atoms. The normalized spacial score (nSPS) is 12.8. The van der Waals surface area contributed by atoms with Gasteiger partial charge < -0.3 is 5.32 Å². The number of hydrogen-bond acceptors (Lipinski definition) is 3. The molecule has 16 heavy (non-hydrogen) atoms. The Kier molecular flexibility index (Phi) is 5.77. The summed E-state index contributed by atoms with van der Waals surface area (Å²) in [6, 6.07) is 0. The minimum atomic E-state index is -0.0842. The maximum absolute atomic E-state index is 11.6. The number of rotatable bonds is 6. The lowest BCUT2D eigenvalue weighted by molar-refractivity contribution is 0.0955. The summed E-state index contributed by atoms with van der Waals surface area (Å²) >= 11 is 7.56. The quantitative estimate of drug-likeness (QED) is 0.799. The minimum Gasteiger partial charge on any atom is -0.350 e. The van der Waals surface area contributed by atoms with Crippen molar-refractivity contribution >= 4 is 28.8 Å². The van der Waals surface area contributed by atoms with Crippen molar-refractivity contribution in [3.05, 3.63) is 16.6 Å². The second-order valence-corrected chi connectivity index (χ2v) is 5.12. The Morgan fingerprint density at radius 3 is 2.75 bits per heavy atom. The van der Waals surface area contributed by atoms with E-state index in [1.807, 2.05) is 0 Å². The summed E-state index contributed by atoms with van der Waals surface area (Å²) in [5.41, 5.74) is 1.65. The average molecular weight is 261 g/mol. The maximum Gasteiger partial charge on any atom is 0.263 e. The van der Waals surface area contributed by atoms with E-state index in [9.17, 15) is 4.79 Å². The molecule has 0 spiro atoms. The second kappa shape index (κ2) is 6.86. The lowest BCUT2D eigenvalue weighted by atomic mass is 9.99. The van der Waals surface area contributed by atoms with Crippen molar-refractivity contribution in [3.63, 3.8) is 0 Å². The van der Waals surface area contributed by atoms with Crippen molar-refractivity contribution in [1.29, 1.82) is 0 Å². The van der Waals surface area contributed by atoms with Crippen molar-refractivity contribution in [2.45, 2.75) is 32.1 Å². The fourth-order valence-corrected chi connectivity index (χ4v) is 2.54. The summed E-state index contributed by atoms with van der Waals surface area (Å²) < 4.78 is 0. The number of carbonyl (C=O) groups is 1. The largest absolute Gasteiger partial charge is 0.350 e. The van der Waals surface area contributed by atoms with Gasteiger partial charge in [0.15, 0.2) is 0 Å². The van der Waals surface area contributed by atoms with Gasteiger partial charge in [-0.05, 0) is 5.92 Å². The summed E-state index contributed by atoms with van der Waals surface area (Å²) in [4.78, 5) is 16.1. The maximum atomic E-state index is 11.6. The summed E-state index contributed by atoms with van der Waals surface area (Å²) in [5, 5.41) is 2.84. The van der Waals surface area contributed by atoms with E-state index < -0.39 is 0 Å². The van der Waals surface area contributed by atoms with Crippen molar-refractivity contribution < 1.29 is 4.79 Å². The van der Waals surface area contributed by atoms with Gasteiger partial charge in [0.2, 0.25) is 0 Å². The smallest absolute Gasteiger partial charge is 0.263 e. The topological polar surface area (TPSA) is 42.0 Å². The van der Waals surface area contributed by atoms with Crippen LogP contribution in [0.1, 0.15) is 36.4 Å².